The van der Waals surface area contributed by atoms with Gasteiger partial charge in [0, 0.05) is 30.3 Å². The van der Waals surface area contributed by atoms with Crippen LogP contribution in [0.2, 0.25) is 0 Å². The first kappa shape index (κ1) is 25.5. The summed E-state index contributed by atoms with van der Waals surface area (Å²) in [6.07, 6.45) is 13.3. The number of aromatic hydroxyl groups is 2. The van der Waals surface area contributed by atoms with Gasteiger partial charge in [-0.1, -0.05) is 58.9 Å². The Bertz CT molecular complexity index is 1260. The minimum atomic E-state index is -0.143. The summed E-state index contributed by atoms with van der Waals surface area (Å²) in [4.78, 5) is 2.66. The summed E-state index contributed by atoms with van der Waals surface area (Å²) in [6.45, 7) is 22.0. The second-order valence-electron chi connectivity index (χ2n) is 14.6. The van der Waals surface area contributed by atoms with Gasteiger partial charge >= 0.3 is 0 Å². The van der Waals surface area contributed by atoms with Crippen molar-refractivity contribution in [2.24, 2.45) is 27.6 Å². The minimum absolute atomic E-state index is 0.0412. The topological polar surface area (TPSA) is 52.9 Å². The molecule has 5 aliphatic rings. The Morgan fingerprint density at radius 1 is 0.946 bits per heavy atom. The molecule has 1 aromatic rings. The lowest BCUT2D eigenvalue weighted by atomic mass is 9.34. The van der Waals surface area contributed by atoms with Gasteiger partial charge in [0.05, 0.1) is 13.2 Å². The van der Waals surface area contributed by atoms with E-state index in [9.17, 15) is 10.2 Å². The lowest BCUT2D eigenvalue weighted by Gasteiger charge is -2.70. The lowest BCUT2D eigenvalue weighted by molar-refractivity contribution is -0.162. The number of fused-ring (bicyclic) bond motifs is 7. The van der Waals surface area contributed by atoms with E-state index >= 15 is 0 Å². The van der Waals surface area contributed by atoms with E-state index in [0.29, 0.717) is 22.0 Å². The maximum Gasteiger partial charge on any atom is 0.164 e. The van der Waals surface area contributed by atoms with E-state index in [4.69, 9.17) is 4.74 Å². The van der Waals surface area contributed by atoms with Gasteiger partial charge in [0.25, 0.3) is 0 Å². The van der Waals surface area contributed by atoms with Crippen molar-refractivity contribution in [1.82, 2.24) is 4.90 Å². The molecule has 4 heteroatoms. The molecule has 0 radical (unpaired) electrons. The zero-order chi connectivity index (χ0) is 26.4. The van der Waals surface area contributed by atoms with Crippen LogP contribution in [0.15, 0.2) is 17.7 Å². The van der Waals surface area contributed by atoms with Gasteiger partial charge in [0.1, 0.15) is 0 Å². The molecular formula is C33H47NO3. The van der Waals surface area contributed by atoms with Crippen LogP contribution in [0, 0.1) is 27.6 Å². The predicted molar refractivity (Wildman–Crippen MR) is 150 cm³/mol. The zero-order valence-corrected chi connectivity index (χ0v) is 23.8. The number of hydrogen-bond donors (Lipinski definition) is 2. The predicted octanol–water partition coefficient (Wildman–Crippen LogP) is 5.23. The van der Waals surface area contributed by atoms with Crippen LogP contribution >= 0.6 is 0 Å². The van der Waals surface area contributed by atoms with E-state index in [-0.39, 0.29) is 27.7 Å². The summed E-state index contributed by atoms with van der Waals surface area (Å²) in [5.41, 5.74) is 3.63. The van der Waals surface area contributed by atoms with E-state index in [1.165, 1.54) is 50.6 Å². The molecule has 202 valence electrons. The molecule has 0 amide bonds. The van der Waals surface area contributed by atoms with Crippen molar-refractivity contribution in [2.45, 2.75) is 85.0 Å². The monoisotopic (exact) mass is 505 g/mol. The van der Waals surface area contributed by atoms with Crippen molar-refractivity contribution in [3.05, 3.63) is 33.7 Å². The Morgan fingerprint density at radius 3 is 2.38 bits per heavy atom. The fourth-order valence-electron chi connectivity index (χ4n) is 9.88. The molecule has 1 aliphatic heterocycles. The molecule has 4 fully saturated rings. The first-order valence-corrected chi connectivity index (χ1v) is 14.6. The third-order valence-corrected chi connectivity index (χ3v) is 12.5. The Balaban J connectivity index is 1.40. The molecule has 0 aromatic heterocycles. The van der Waals surface area contributed by atoms with Crippen LogP contribution in [0.25, 0.3) is 12.7 Å². The Labute approximate surface area is 223 Å². The quantitative estimate of drug-likeness (QED) is 0.541. The van der Waals surface area contributed by atoms with Gasteiger partial charge in [-0.25, -0.2) is 0 Å². The standard InChI is InChI=1S/C33H47NO3/c1-22-23-7-8-26-31(4,24(23)19-25(35)28(22)36)12-14-33(6)27-20-29(2,21-34-15-17-37-18-16-34)9-10-30(27,3)11-13-32(26,33)5/h7-8,19,27,35-36H,1,9-18,20-21H2,2-6H3. The number of ether oxygens (including phenoxy) is 1. The van der Waals surface area contributed by atoms with Gasteiger partial charge in [-0.2, -0.15) is 0 Å². The highest BCUT2D eigenvalue weighted by molar-refractivity contribution is 5.61. The van der Waals surface area contributed by atoms with Crippen molar-refractivity contribution < 1.29 is 14.9 Å². The van der Waals surface area contributed by atoms with Crippen LogP contribution < -0.4 is 10.4 Å². The highest BCUT2D eigenvalue weighted by Gasteiger charge is 2.66. The average molecular weight is 506 g/mol. The lowest BCUT2D eigenvalue weighted by Crippen LogP contribution is -2.63. The van der Waals surface area contributed by atoms with Gasteiger partial charge in [-0.15, -0.1) is 0 Å². The number of phenolic OH excluding ortho intramolecular Hbond substituents is 2. The average Bonchev–Trinajstić information content (AvgIpc) is 2.86. The van der Waals surface area contributed by atoms with Crippen molar-refractivity contribution in [3.8, 4) is 11.5 Å². The van der Waals surface area contributed by atoms with E-state index in [1.807, 2.05) is 6.07 Å². The van der Waals surface area contributed by atoms with Crippen LogP contribution in [0.5, 0.6) is 11.5 Å². The Hall–Kier alpha value is -1.78. The molecule has 2 N–H and O–H groups in total. The molecular weight excluding hydrogens is 458 g/mol. The number of benzene rings is 1. The summed E-state index contributed by atoms with van der Waals surface area (Å²) in [5.74, 6) is 0.569. The van der Waals surface area contributed by atoms with Crippen LogP contribution in [0.1, 0.15) is 85.1 Å². The SMILES string of the molecule is C=c1c(O)c(O)cc2c1=CC=C1C2(C)CCC2(C)C3CC(C)(CN4CCOCC4)CCC3(C)CCC12C. The van der Waals surface area contributed by atoms with E-state index in [2.05, 4.69) is 58.2 Å². The van der Waals surface area contributed by atoms with Crippen LogP contribution in [-0.2, 0) is 10.2 Å². The number of morpholine rings is 1. The summed E-state index contributed by atoms with van der Waals surface area (Å²) < 4.78 is 5.65. The smallest absolute Gasteiger partial charge is 0.164 e. The van der Waals surface area contributed by atoms with Gasteiger partial charge in [-0.3, -0.25) is 4.90 Å². The van der Waals surface area contributed by atoms with Gasteiger partial charge in [-0.05, 0) is 89.4 Å². The number of allylic oxidation sites excluding steroid dienone is 2. The van der Waals surface area contributed by atoms with Crippen LogP contribution in [0.4, 0.5) is 0 Å². The second-order valence-corrected chi connectivity index (χ2v) is 14.6. The molecule has 3 saturated carbocycles. The summed E-state index contributed by atoms with van der Waals surface area (Å²) in [5, 5.41) is 22.5. The molecule has 6 unspecified atom stereocenters. The highest BCUT2D eigenvalue weighted by atomic mass is 16.5. The summed E-state index contributed by atoms with van der Waals surface area (Å²) in [7, 11) is 0. The van der Waals surface area contributed by atoms with E-state index < -0.39 is 0 Å². The Kier molecular flexibility index (Phi) is 5.59. The molecule has 6 rings (SSSR count). The van der Waals surface area contributed by atoms with Gasteiger partial charge in [0.15, 0.2) is 11.5 Å². The number of rotatable bonds is 2. The maximum atomic E-state index is 10.6. The van der Waals surface area contributed by atoms with Crippen LogP contribution in [0.3, 0.4) is 0 Å². The number of phenols is 2. The minimum Gasteiger partial charge on any atom is -0.504 e. The molecule has 37 heavy (non-hydrogen) atoms. The molecule has 1 aromatic carbocycles. The zero-order valence-electron chi connectivity index (χ0n) is 23.8. The third-order valence-electron chi connectivity index (χ3n) is 12.5. The molecule has 0 spiro atoms. The number of nitrogens with zero attached hydrogens (tertiary/aromatic N) is 1. The maximum absolute atomic E-state index is 10.6. The Morgan fingerprint density at radius 2 is 1.65 bits per heavy atom. The van der Waals surface area contributed by atoms with Crippen molar-refractivity contribution >= 4 is 12.7 Å². The number of hydrogen-bond acceptors (Lipinski definition) is 4. The van der Waals surface area contributed by atoms with Crippen molar-refractivity contribution in [1.29, 1.82) is 0 Å². The fraction of sp³-hybridized carbons (Fsp3) is 0.697. The van der Waals surface area contributed by atoms with Gasteiger partial charge < -0.3 is 14.9 Å². The van der Waals surface area contributed by atoms with Crippen molar-refractivity contribution in [3.63, 3.8) is 0 Å². The largest absolute Gasteiger partial charge is 0.504 e. The van der Waals surface area contributed by atoms with E-state index in [0.717, 1.165) is 43.5 Å². The van der Waals surface area contributed by atoms with Gasteiger partial charge in [0.2, 0.25) is 0 Å². The summed E-state index contributed by atoms with van der Waals surface area (Å²) in [6, 6.07) is 1.82. The highest BCUT2D eigenvalue weighted by Crippen LogP contribution is 2.74. The van der Waals surface area contributed by atoms with Crippen LogP contribution in [-0.4, -0.2) is 48.0 Å². The van der Waals surface area contributed by atoms with E-state index in [1.54, 1.807) is 0 Å². The van der Waals surface area contributed by atoms with Crippen molar-refractivity contribution in [2.75, 3.05) is 32.8 Å². The first-order chi connectivity index (χ1) is 17.4. The third kappa shape index (κ3) is 3.47. The normalized spacial score (nSPS) is 43.5. The fourth-order valence-corrected chi connectivity index (χ4v) is 9.88. The molecule has 4 aliphatic carbocycles. The molecule has 4 nitrogen and oxygen atoms in total. The molecule has 1 saturated heterocycles. The summed E-state index contributed by atoms with van der Waals surface area (Å²) >= 11 is 0. The first-order valence-electron chi connectivity index (χ1n) is 14.6. The molecule has 1 heterocycles. The molecule has 6 atom stereocenters. The molecule has 0 bridgehead atoms. The second kappa shape index (κ2) is 8.11.